The van der Waals surface area contributed by atoms with E-state index in [2.05, 4.69) is 15.0 Å². The molecule has 5 heteroatoms. The van der Waals surface area contributed by atoms with Crippen LogP contribution in [0.5, 0.6) is 0 Å². The van der Waals surface area contributed by atoms with Gasteiger partial charge in [0.15, 0.2) is 0 Å². The summed E-state index contributed by atoms with van der Waals surface area (Å²) in [5.74, 6) is 0.349. The zero-order valence-electron chi connectivity index (χ0n) is 10.3. The molecule has 0 spiro atoms. The number of methoxy groups -OCH3 is 1. The minimum Gasteiger partial charge on any atom is -0.469 e. The van der Waals surface area contributed by atoms with Crippen molar-refractivity contribution in [2.45, 2.75) is 32.1 Å². The summed E-state index contributed by atoms with van der Waals surface area (Å²) >= 11 is 1.73. The number of ether oxygens (including phenoxy) is 1. The highest BCUT2D eigenvalue weighted by Gasteiger charge is 2.20. The zero-order chi connectivity index (χ0) is 12.3. The van der Waals surface area contributed by atoms with Gasteiger partial charge in [0.2, 0.25) is 0 Å². The number of aryl methyl sites for hydroxylation is 1. The maximum absolute atomic E-state index is 11.3. The first kappa shape index (κ1) is 12.5. The van der Waals surface area contributed by atoms with Crippen molar-refractivity contribution in [1.29, 1.82) is 0 Å². The van der Waals surface area contributed by atoms with E-state index in [4.69, 9.17) is 0 Å². The lowest BCUT2D eigenvalue weighted by Gasteiger charge is -2.20. The second kappa shape index (κ2) is 5.60. The van der Waals surface area contributed by atoms with Crippen LogP contribution in [0, 0.1) is 6.92 Å². The van der Waals surface area contributed by atoms with E-state index in [0.29, 0.717) is 12.3 Å². The third kappa shape index (κ3) is 3.04. The second-order valence-corrected chi connectivity index (χ2v) is 5.57. The van der Waals surface area contributed by atoms with Gasteiger partial charge in [0.1, 0.15) is 0 Å². The largest absolute Gasteiger partial charge is 0.469 e. The van der Waals surface area contributed by atoms with Gasteiger partial charge in [0, 0.05) is 10.8 Å². The average Bonchev–Trinajstić information content (AvgIpc) is 2.72. The van der Waals surface area contributed by atoms with Gasteiger partial charge in [0.25, 0.3) is 0 Å². The molecule has 0 saturated carbocycles. The zero-order valence-corrected chi connectivity index (χ0v) is 11.1. The Morgan fingerprint density at radius 3 is 2.88 bits per heavy atom. The number of esters is 1. The molecule has 0 bridgehead atoms. The van der Waals surface area contributed by atoms with Crippen LogP contribution in [-0.4, -0.2) is 31.2 Å². The van der Waals surface area contributed by atoms with Crippen molar-refractivity contribution >= 4 is 17.3 Å². The molecular weight excluding hydrogens is 236 g/mol. The van der Waals surface area contributed by atoms with Gasteiger partial charge in [-0.1, -0.05) is 0 Å². The van der Waals surface area contributed by atoms with Crippen LogP contribution in [0.3, 0.4) is 0 Å². The molecule has 1 aromatic rings. The molecule has 2 heterocycles. The molecule has 0 aromatic carbocycles. The van der Waals surface area contributed by atoms with Crippen LogP contribution in [-0.2, 0) is 16.0 Å². The fraction of sp³-hybridized carbons (Fsp3) is 0.667. The Morgan fingerprint density at radius 2 is 2.24 bits per heavy atom. The van der Waals surface area contributed by atoms with Crippen molar-refractivity contribution in [3.05, 3.63) is 15.6 Å². The van der Waals surface area contributed by atoms with Gasteiger partial charge in [-0.3, -0.25) is 4.79 Å². The van der Waals surface area contributed by atoms with Crippen LogP contribution in [0.1, 0.15) is 34.3 Å². The number of hydrogen-bond acceptors (Lipinski definition) is 5. The fourth-order valence-electron chi connectivity index (χ4n) is 2.07. The van der Waals surface area contributed by atoms with Gasteiger partial charge >= 0.3 is 5.97 Å². The number of nitrogens with zero attached hydrogens (tertiary/aromatic N) is 1. The van der Waals surface area contributed by atoms with Gasteiger partial charge in [-0.15, -0.1) is 11.3 Å². The summed E-state index contributed by atoms with van der Waals surface area (Å²) in [5, 5.41) is 4.53. The van der Waals surface area contributed by atoms with Crippen molar-refractivity contribution in [3.8, 4) is 0 Å². The highest BCUT2D eigenvalue weighted by atomic mass is 32.1. The summed E-state index contributed by atoms with van der Waals surface area (Å²) in [6, 6.07) is 0. The molecule has 1 aliphatic rings. The lowest BCUT2D eigenvalue weighted by Crippen LogP contribution is -2.26. The minimum atomic E-state index is -0.213. The number of aromatic nitrogens is 1. The van der Waals surface area contributed by atoms with Crippen LogP contribution in [0.4, 0.5) is 0 Å². The van der Waals surface area contributed by atoms with E-state index in [1.165, 1.54) is 12.1 Å². The lowest BCUT2D eigenvalue weighted by atomic mass is 9.99. The van der Waals surface area contributed by atoms with E-state index in [-0.39, 0.29) is 5.97 Å². The minimum absolute atomic E-state index is 0.213. The third-order valence-corrected chi connectivity index (χ3v) is 4.31. The Morgan fingerprint density at radius 1 is 1.53 bits per heavy atom. The first-order valence-electron chi connectivity index (χ1n) is 5.94. The number of carbonyl (C=O) groups is 1. The summed E-state index contributed by atoms with van der Waals surface area (Å²) in [4.78, 5) is 17.0. The molecule has 0 unspecified atom stereocenters. The van der Waals surface area contributed by atoms with Crippen molar-refractivity contribution < 1.29 is 9.53 Å². The molecular formula is C12H18N2O2S. The van der Waals surface area contributed by atoms with Gasteiger partial charge in [-0.25, -0.2) is 4.98 Å². The predicted octanol–water partition coefficient (Wildman–Crippen LogP) is 1.63. The summed E-state index contributed by atoms with van der Waals surface area (Å²) in [7, 11) is 1.41. The molecule has 0 atom stereocenters. The van der Waals surface area contributed by atoms with Crippen LogP contribution in [0.2, 0.25) is 0 Å². The van der Waals surface area contributed by atoms with Crippen molar-refractivity contribution in [1.82, 2.24) is 10.3 Å². The number of carbonyl (C=O) groups excluding carboxylic acids is 1. The summed E-state index contributed by atoms with van der Waals surface area (Å²) in [6.07, 6.45) is 2.58. The van der Waals surface area contributed by atoms with Crippen molar-refractivity contribution in [2.24, 2.45) is 0 Å². The first-order valence-corrected chi connectivity index (χ1v) is 6.76. The quantitative estimate of drug-likeness (QED) is 0.833. The number of hydrogen-bond donors (Lipinski definition) is 1. The summed E-state index contributed by atoms with van der Waals surface area (Å²) in [6.45, 7) is 4.16. The lowest BCUT2D eigenvalue weighted by molar-refractivity contribution is -0.139. The molecule has 1 aliphatic heterocycles. The molecule has 2 rings (SSSR count). The van der Waals surface area contributed by atoms with Crippen LogP contribution >= 0.6 is 11.3 Å². The Balaban J connectivity index is 2.09. The summed E-state index contributed by atoms with van der Waals surface area (Å²) in [5.41, 5.74) is 0.885. The number of piperidine rings is 1. The molecule has 4 nitrogen and oxygen atoms in total. The van der Waals surface area contributed by atoms with Crippen LogP contribution < -0.4 is 5.32 Å². The van der Waals surface area contributed by atoms with E-state index < -0.39 is 0 Å². The van der Waals surface area contributed by atoms with Gasteiger partial charge in [-0.05, 0) is 32.9 Å². The van der Waals surface area contributed by atoms with Crippen LogP contribution in [0.15, 0.2) is 0 Å². The number of nitrogens with one attached hydrogen (secondary N) is 1. The Bertz CT molecular complexity index is 397. The highest BCUT2D eigenvalue weighted by molar-refractivity contribution is 7.11. The molecule has 0 amide bonds. The predicted molar refractivity (Wildman–Crippen MR) is 67.4 cm³/mol. The van der Waals surface area contributed by atoms with Gasteiger partial charge < -0.3 is 10.1 Å². The molecule has 0 radical (unpaired) electrons. The average molecular weight is 254 g/mol. The third-order valence-electron chi connectivity index (χ3n) is 3.14. The Kier molecular flexibility index (Phi) is 4.12. The molecule has 0 aliphatic carbocycles. The molecule has 17 heavy (non-hydrogen) atoms. The second-order valence-electron chi connectivity index (χ2n) is 4.33. The van der Waals surface area contributed by atoms with E-state index in [0.717, 1.165) is 36.5 Å². The molecule has 1 N–H and O–H groups in total. The smallest absolute Gasteiger partial charge is 0.311 e. The molecule has 94 valence electrons. The highest BCUT2D eigenvalue weighted by Crippen LogP contribution is 2.30. The van der Waals surface area contributed by atoms with E-state index in [1.54, 1.807) is 11.3 Å². The standard InChI is InChI=1S/C12H18N2O2S/c1-8-10(7-11(15)16-2)14-12(17-8)9-3-5-13-6-4-9/h9,13H,3-7H2,1-2H3. The molecule has 1 aromatic heterocycles. The summed E-state index contributed by atoms with van der Waals surface area (Å²) < 4.78 is 4.68. The van der Waals surface area contributed by atoms with Gasteiger partial charge in [-0.2, -0.15) is 0 Å². The maximum atomic E-state index is 11.3. The van der Waals surface area contributed by atoms with E-state index in [9.17, 15) is 4.79 Å². The number of rotatable bonds is 3. The van der Waals surface area contributed by atoms with Gasteiger partial charge in [0.05, 0.1) is 24.2 Å². The topological polar surface area (TPSA) is 51.2 Å². The Labute approximate surface area is 105 Å². The van der Waals surface area contributed by atoms with Crippen LogP contribution in [0.25, 0.3) is 0 Å². The fourth-order valence-corrected chi connectivity index (χ4v) is 3.17. The SMILES string of the molecule is COC(=O)Cc1nc(C2CCNCC2)sc1C. The molecule has 1 fully saturated rings. The number of thiazole rings is 1. The van der Waals surface area contributed by atoms with E-state index >= 15 is 0 Å². The maximum Gasteiger partial charge on any atom is 0.311 e. The Hall–Kier alpha value is -0.940. The normalized spacial score (nSPS) is 17.1. The first-order chi connectivity index (χ1) is 8.20. The van der Waals surface area contributed by atoms with Crippen molar-refractivity contribution in [2.75, 3.05) is 20.2 Å². The van der Waals surface area contributed by atoms with Crippen molar-refractivity contribution in [3.63, 3.8) is 0 Å². The molecule has 1 saturated heterocycles. The monoisotopic (exact) mass is 254 g/mol. The van der Waals surface area contributed by atoms with E-state index in [1.807, 2.05) is 6.92 Å².